The first kappa shape index (κ1) is 24.4. The Morgan fingerprint density at radius 1 is 1.20 bits per heavy atom. The first-order valence-electron chi connectivity index (χ1n) is 11.0. The molecule has 0 spiro atoms. The molecule has 0 amide bonds. The van der Waals surface area contributed by atoms with Crippen LogP contribution in [0.5, 0.6) is 5.75 Å². The summed E-state index contributed by atoms with van der Waals surface area (Å²) >= 11 is 3.54. The molecule has 0 unspecified atom stereocenters. The number of hydrogen-bond acceptors (Lipinski definition) is 8. The predicted molar refractivity (Wildman–Crippen MR) is 140 cm³/mol. The standard InChI is InChI=1S/C26H26BrN5O3/c1-29-21(12-15-5-4-6-18(27)11-15)23-19(28)9-7-17-14-30-26(32-24(17)23)31-20-10-8-16(25(33)35-3)13-22(20)34-2/h4-6,8,10-11,13-14H,7,9,12,28H2,1-3H3,(H,30,31,32). The summed E-state index contributed by atoms with van der Waals surface area (Å²) in [5, 5.41) is 3.20. The van der Waals surface area contributed by atoms with Crippen LogP contribution < -0.4 is 15.8 Å². The number of allylic oxidation sites excluding steroid dienone is 2. The van der Waals surface area contributed by atoms with E-state index in [1.54, 1.807) is 25.2 Å². The maximum absolute atomic E-state index is 11.9. The van der Waals surface area contributed by atoms with Gasteiger partial charge in [0.15, 0.2) is 0 Å². The molecule has 2 aromatic carbocycles. The number of aliphatic imine (C=N–C) groups is 1. The Labute approximate surface area is 212 Å². The van der Waals surface area contributed by atoms with Crippen LogP contribution in [0.15, 0.2) is 63.8 Å². The molecular weight excluding hydrogens is 510 g/mol. The number of fused-ring (bicyclic) bond motifs is 1. The number of ether oxygens (including phenoxy) is 2. The van der Waals surface area contributed by atoms with E-state index in [2.05, 4.69) is 43.4 Å². The van der Waals surface area contributed by atoms with Crippen LogP contribution in [0, 0.1) is 0 Å². The SMILES string of the molecule is CN=C(Cc1cccc(Br)c1)C1=C(N)CCc2cnc(Nc3ccc(C(=O)OC)cc3OC)nc21. The minimum atomic E-state index is -0.443. The van der Waals surface area contributed by atoms with Gasteiger partial charge in [-0.05, 0) is 54.3 Å². The van der Waals surface area contributed by atoms with Crippen molar-refractivity contribution in [3.05, 3.63) is 81.2 Å². The highest BCUT2D eigenvalue weighted by molar-refractivity contribution is 9.10. The second-order valence-corrected chi connectivity index (χ2v) is 8.89. The first-order valence-corrected chi connectivity index (χ1v) is 11.8. The Morgan fingerprint density at radius 3 is 2.74 bits per heavy atom. The molecule has 1 aliphatic carbocycles. The van der Waals surface area contributed by atoms with Crippen molar-refractivity contribution in [2.45, 2.75) is 19.3 Å². The Morgan fingerprint density at radius 2 is 2.03 bits per heavy atom. The molecule has 1 heterocycles. The fraction of sp³-hybridized carbons (Fsp3) is 0.231. The summed E-state index contributed by atoms with van der Waals surface area (Å²) in [7, 11) is 4.64. The highest BCUT2D eigenvalue weighted by Crippen LogP contribution is 2.32. The van der Waals surface area contributed by atoms with Gasteiger partial charge in [0.1, 0.15) is 5.75 Å². The number of nitrogens with zero attached hydrogens (tertiary/aromatic N) is 3. The van der Waals surface area contributed by atoms with Crippen LogP contribution in [0.3, 0.4) is 0 Å². The average molecular weight is 536 g/mol. The van der Waals surface area contributed by atoms with E-state index in [-0.39, 0.29) is 0 Å². The summed E-state index contributed by atoms with van der Waals surface area (Å²) in [6.07, 6.45) is 3.93. The van der Waals surface area contributed by atoms with Crippen LogP contribution in [-0.2, 0) is 17.6 Å². The van der Waals surface area contributed by atoms with E-state index in [1.807, 2.05) is 18.3 Å². The van der Waals surface area contributed by atoms with Crippen molar-refractivity contribution in [3.63, 3.8) is 0 Å². The molecule has 35 heavy (non-hydrogen) atoms. The van der Waals surface area contributed by atoms with E-state index in [0.717, 1.165) is 51.1 Å². The van der Waals surface area contributed by atoms with E-state index in [4.69, 9.17) is 20.2 Å². The monoisotopic (exact) mass is 535 g/mol. The third-order valence-electron chi connectivity index (χ3n) is 5.77. The molecule has 3 aromatic rings. The van der Waals surface area contributed by atoms with Crippen molar-refractivity contribution in [3.8, 4) is 5.75 Å². The van der Waals surface area contributed by atoms with Crippen LogP contribution in [0.4, 0.5) is 11.6 Å². The molecular formula is C26H26BrN5O3. The minimum absolute atomic E-state index is 0.385. The molecule has 180 valence electrons. The number of aryl methyl sites for hydroxylation is 1. The highest BCUT2D eigenvalue weighted by atomic mass is 79.9. The lowest BCUT2D eigenvalue weighted by atomic mass is 9.88. The molecule has 0 saturated heterocycles. The minimum Gasteiger partial charge on any atom is -0.495 e. The quantitative estimate of drug-likeness (QED) is 0.332. The molecule has 1 aromatic heterocycles. The Bertz CT molecular complexity index is 1340. The zero-order valence-corrected chi connectivity index (χ0v) is 21.3. The van der Waals surface area contributed by atoms with Gasteiger partial charge in [-0.3, -0.25) is 4.99 Å². The van der Waals surface area contributed by atoms with E-state index >= 15 is 0 Å². The lowest BCUT2D eigenvalue weighted by Crippen LogP contribution is -2.20. The number of rotatable bonds is 7. The topological polar surface area (TPSA) is 112 Å². The second-order valence-electron chi connectivity index (χ2n) is 7.98. The fourth-order valence-corrected chi connectivity index (χ4v) is 4.46. The molecule has 0 radical (unpaired) electrons. The summed E-state index contributed by atoms with van der Waals surface area (Å²) in [6.45, 7) is 0. The molecule has 0 fully saturated rings. The van der Waals surface area contributed by atoms with Crippen LogP contribution in [-0.4, -0.2) is 42.9 Å². The fourth-order valence-electron chi connectivity index (χ4n) is 4.01. The lowest BCUT2D eigenvalue weighted by molar-refractivity contribution is 0.0600. The van der Waals surface area contributed by atoms with Gasteiger partial charge in [-0.2, -0.15) is 0 Å². The Hall–Kier alpha value is -3.72. The number of benzene rings is 2. The first-order chi connectivity index (χ1) is 16.9. The van der Waals surface area contributed by atoms with Crippen molar-refractivity contribution in [1.82, 2.24) is 9.97 Å². The van der Waals surface area contributed by atoms with Crippen molar-refractivity contribution < 1.29 is 14.3 Å². The van der Waals surface area contributed by atoms with Gasteiger partial charge in [0.05, 0.1) is 31.2 Å². The number of esters is 1. The van der Waals surface area contributed by atoms with Gasteiger partial charge in [-0.1, -0.05) is 28.1 Å². The summed E-state index contributed by atoms with van der Waals surface area (Å²) in [6, 6.07) is 13.1. The van der Waals surface area contributed by atoms with Crippen molar-refractivity contribution in [2.24, 2.45) is 10.7 Å². The molecule has 1 aliphatic rings. The number of carbonyl (C=O) groups excluding carboxylic acids is 1. The van der Waals surface area contributed by atoms with Gasteiger partial charge < -0.3 is 20.5 Å². The predicted octanol–water partition coefficient (Wildman–Crippen LogP) is 4.71. The summed E-state index contributed by atoms with van der Waals surface area (Å²) < 4.78 is 11.3. The van der Waals surface area contributed by atoms with Gasteiger partial charge in [0, 0.05) is 41.1 Å². The van der Waals surface area contributed by atoms with E-state index in [9.17, 15) is 4.79 Å². The Balaban J connectivity index is 1.67. The van der Waals surface area contributed by atoms with Crippen molar-refractivity contribution >= 4 is 44.8 Å². The summed E-state index contributed by atoms with van der Waals surface area (Å²) in [4.78, 5) is 25.8. The van der Waals surface area contributed by atoms with Crippen LogP contribution in [0.25, 0.3) is 5.57 Å². The van der Waals surface area contributed by atoms with Gasteiger partial charge in [-0.25, -0.2) is 14.8 Å². The zero-order valence-electron chi connectivity index (χ0n) is 19.8. The second kappa shape index (κ2) is 10.7. The third-order valence-corrected chi connectivity index (χ3v) is 6.27. The number of hydrogen-bond donors (Lipinski definition) is 2. The van der Waals surface area contributed by atoms with Gasteiger partial charge in [0.2, 0.25) is 5.95 Å². The number of nitrogens with one attached hydrogen (secondary N) is 1. The van der Waals surface area contributed by atoms with Crippen LogP contribution in [0.1, 0.15) is 33.6 Å². The molecule has 8 nitrogen and oxygen atoms in total. The van der Waals surface area contributed by atoms with E-state index < -0.39 is 5.97 Å². The smallest absolute Gasteiger partial charge is 0.337 e. The molecule has 0 bridgehead atoms. The molecule has 0 aliphatic heterocycles. The number of halogens is 1. The van der Waals surface area contributed by atoms with Gasteiger partial charge >= 0.3 is 5.97 Å². The third kappa shape index (κ3) is 5.35. The average Bonchev–Trinajstić information content (AvgIpc) is 2.87. The highest BCUT2D eigenvalue weighted by Gasteiger charge is 2.24. The maximum atomic E-state index is 11.9. The molecule has 4 rings (SSSR count). The summed E-state index contributed by atoms with van der Waals surface area (Å²) in [5.41, 5.74) is 12.9. The normalized spacial score (nSPS) is 13.3. The number of nitrogens with two attached hydrogens (primary N) is 1. The Kier molecular flexibility index (Phi) is 7.45. The molecule has 3 N–H and O–H groups in total. The van der Waals surface area contributed by atoms with Gasteiger partial charge in [-0.15, -0.1) is 0 Å². The largest absolute Gasteiger partial charge is 0.495 e. The lowest BCUT2D eigenvalue weighted by Gasteiger charge is -2.22. The zero-order chi connectivity index (χ0) is 24.9. The van der Waals surface area contributed by atoms with E-state index in [1.165, 1.54) is 14.2 Å². The number of anilines is 2. The molecule has 0 atom stereocenters. The van der Waals surface area contributed by atoms with E-state index in [0.29, 0.717) is 29.4 Å². The number of methoxy groups -OCH3 is 2. The van der Waals surface area contributed by atoms with Crippen molar-refractivity contribution in [2.75, 3.05) is 26.6 Å². The molecule has 9 heteroatoms. The maximum Gasteiger partial charge on any atom is 0.337 e. The number of aromatic nitrogens is 2. The van der Waals surface area contributed by atoms with Crippen LogP contribution in [0.2, 0.25) is 0 Å². The summed E-state index contributed by atoms with van der Waals surface area (Å²) in [5.74, 6) is 0.412. The van der Waals surface area contributed by atoms with Gasteiger partial charge in [0.25, 0.3) is 0 Å². The van der Waals surface area contributed by atoms with Crippen molar-refractivity contribution in [1.29, 1.82) is 0 Å². The van der Waals surface area contributed by atoms with Crippen LogP contribution >= 0.6 is 15.9 Å². The number of carbonyl (C=O) groups is 1. The molecule has 0 saturated carbocycles.